The Morgan fingerprint density at radius 2 is 1.75 bits per heavy atom. The quantitative estimate of drug-likeness (QED) is 0.510. The fourth-order valence-electron chi connectivity index (χ4n) is 5.20. The Balaban J connectivity index is 1.50. The van der Waals surface area contributed by atoms with Crippen molar-refractivity contribution in [3.63, 3.8) is 0 Å². The number of benzene rings is 1. The number of hydrogen-bond donors (Lipinski definition) is 0. The van der Waals surface area contributed by atoms with Crippen LogP contribution in [0.25, 0.3) is 11.1 Å². The van der Waals surface area contributed by atoms with Gasteiger partial charge >= 0.3 is 0 Å². The first-order valence-corrected chi connectivity index (χ1v) is 11.4. The van der Waals surface area contributed by atoms with E-state index in [1.807, 2.05) is 0 Å². The molecule has 1 saturated carbocycles. The summed E-state index contributed by atoms with van der Waals surface area (Å²) in [6.07, 6.45) is 12.9. The molecule has 2 aromatic heterocycles. The lowest BCUT2D eigenvalue weighted by Gasteiger charge is -2.25. The van der Waals surface area contributed by atoms with Gasteiger partial charge in [0.2, 0.25) is 0 Å². The summed E-state index contributed by atoms with van der Waals surface area (Å²) < 4.78 is 20.6. The molecule has 1 aliphatic heterocycles. The van der Waals surface area contributed by atoms with Crippen molar-refractivity contribution in [2.45, 2.75) is 51.9 Å². The lowest BCUT2D eigenvalue weighted by Crippen LogP contribution is -2.25. The third-order valence-corrected chi connectivity index (χ3v) is 6.80. The second-order valence-electron chi connectivity index (χ2n) is 9.31. The van der Waals surface area contributed by atoms with E-state index in [9.17, 15) is 4.39 Å². The van der Waals surface area contributed by atoms with Crippen LogP contribution in [-0.2, 0) is 0 Å². The maximum absolute atomic E-state index is 14.3. The van der Waals surface area contributed by atoms with Crippen molar-refractivity contribution in [3.8, 4) is 22.6 Å². The summed E-state index contributed by atoms with van der Waals surface area (Å²) in [7, 11) is 0. The summed E-state index contributed by atoms with van der Waals surface area (Å²) in [5.41, 5.74) is 2.65. The van der Waals surface area contributed by atoms with Gasteiger partial charge in [-0.15, -0.1) is 0 Å². The van der Waals surface area contributed by atoms with Crippen LogP contribution in [0.5, 0.6) is 11.5 Å². The highest BCUT2D eigenvalue weighted by Gasteiger charge is 2.41. The topological polar surface area (TPSA) is 64.0 Å². The van der Waals surface area contributed by atoms with Crippen molar-refractivity contribution in [2.24, 2.45) is 5.41 Å². The summed E-state index contributed by atoms with van der Waals surface area (Å²) in [6, 6.07) is 4.54. The van der Waals surface area contributed by atoms with Gasteiger partial charge in [-0.2, -0.15) is 0 Å². The van der Waals surface area contributed by atoms with Gasteiger partial charge in [0.15, 0.2) is 11.6 Å². The molecule has 0 unspecified atom stereocenters. The van der Waals surface area contributed by atoms with E-state index in [1.165, 1.54) is 50.6 Å². The minimum Gasteiger partial charge on any atom is -0.451 e. The van der Waals surface area contributed by atoms with Gasteiger partial charge in [0.05, 0.1) is 11.9 Å². The SMILES string of the molecule is CC(C)c1ncncc1-c1cc(F)ccc1Oc1cncnc1N1CCC2(CCCC2)C1. The Morgan fingerprint density at radius 3 is 2.56 bits per heavy atom. The van der Waals surface area contributed by atoms with E-state index in [1.54, 1.807) is 24.8 Å². The van der Waals surface area contributed by atoms with Gasteiger partial charge in [-0.25, -0.2) is 24.3 Å². The van der Waals surface area contributed by atoms with Crippen molar-refractivity contribution < 1.29 is 9.13 Å². The molecule has 2 aliphatic rings. The van der Waals surface area contributed by atoms with Gasteiger partial charge in [-0.3, -0.25) is 0 Å². The molecule has 1 saturated heterocycles. The monoisotopic (exact) mass is 433 g/mol. The van der Waals surface area contributed by atoms with Crippen molar-refractivity contribution in [1.29, 1.82) is 0 Å². The first-order valence-electron chi connectivity index (χ1n) is 11.4. The maximum Gasteiger partial charge on any atom is 0.188 e. The van der Waals surface area contributed by atoms with Crippen molar-refractivity contribution >= 4 is 5.82 Å². The van der Waals surface area contributed by atoms with Gasteiger partial charge in [0.1, 0.15) is 24.2 Å². The number of rotatable bonds is 5. The van der Waals surface area contributed by atoms with E-state index >= 15 is 0 Å². The molecule has 0 atom stereocenters. The van der Waals surface area contributed by atoms with E-state index < -0.39 is 0 Å². The van der Waals surface area contributed by atoms with Crippen LogP contribution in [-0.4, -0.2) is 33.0 Å². The van der Waals surface area contributed by atoms with Crippen molar-refractivity contribution in [2.75, 3.05) is 18.0 Å². The van der Waals surface area contributed by atoms with Crippen molar-refractivity contribution in [3.05, 3.63) is 54.8 Å². The Bertz CT molecular complexity index is 1110. The summed E-state index contributed by atoms with van der Waals surface area (Å²) in [6.45, 7) is 6.08. The summed E-state index contributed by atoms with van der Waals surface area (Å²) in [5, 5.41) is 0. The van der Waals surface area contributed by atoms with Crippen LogP contribution in [0.2, 0.25) is 0 Å². The summed E-state index contributed by atoms with van der Waals surface area (Å²) in [5.74, 6) is 1.74. The van der Waals surface area contributed by atoms with Crippen molar-refractivity contribution in [1.82, 2.24) is 19.9 Å². The predicted octanol–water partition coefficient (Wildman–Crippen LogP) is 5.76. The zero-order chi connectivity index (χ0) is 22.1. The third-order valence-electron chi connectivity index (χ3n) is 6.80. The second-order valence-corrected chi connectivity index (χ2v) is 9.31. The minimum absolute atomic E-state index is 0.159. The zero-order valence-electron chi connectivity index (χ0n) is 18.6. The Hall–Kier alpha value is -3.09. The molecule has 166 valence electrons. The second kappa shape index (κ2) is 8.45. The van der Waals surface area contributed by atoms with E-state index in [2.05, 4.69) is 38.7 Å². The van der Waals surface area contributed by atoms with E-state index in [0.29, 0.717) is 22.5 Å². The highest BCUT2D eigenvalue weighted by molar-refractivity contribution is 5.73. The highest BCUT2D eigenvalue weighted by Crippen LogP contribution is 2.47. The van der Waals surface area contributed by atoms with Crippen LogP contribution < -0.4 is 9.64 Å². The molecule has 1 aliphatic carbocycles. The normalized spacial score (nSPS) is 17.4. The number of nitrogens with zero attached hydrogens (tertiary/aromatic N) is 5. The number of aromatic nitrogens is 4. The maximum atomic E-state index is 14.3. The minimum atomic E-state index is -0.335. The molecule has 0 amide bonds. The van der Waals surface area contributed by atoms with E-state index in [0.717, 1.165) is 30.2 Å². The molecule has 0 radical (unpaired) electrons. The lowest BCUT2D eigenvalue weighted by molar-refractivity contribution is 0.340. The average molecular weight is 434 g/mol. The molecule has 6 nitrogen and oxygen atoms in total. The van der Waals surface area contributed by atoms with Crippen LogP contribution in [0.1, 0.15) is 57.6 Å². The van der Waals surface area contributed by atoms with Crippen LogP contribution in [0.3, 0.4) is 0 Å². The first kappa shape index (κ1) is 20.8. The van der Waals surface area contributed by atoms with Gasteiger partial charge in [0, 0.05) is 30.4 Å². The van der Waals surface area contributed by atoms with Gasteiger partial charge < -0.3 is 9.64 Å². The molecule has 3 aromatic rings. The molecular formula is C25H28FN5O. The smallest absolute Gasteiger partial charge is 0.188 e. The molecule has 2 fully saturated rings. The molecule has 32 heavy (non-hydrogen) atoms. The number of halogens is 1. The molecule has 7 heteroatoms. The third kappa shape index (κ3) is 3.92. The Morgan fingerprint density at radius 1 is 0.969 bits per heavy atom. The van der Waals surface area contributed by atoms with Crippen LogP contribution in [0, 0.1) is 11.2 Å². The lowest BCUT2D eigenvalue weighted by atomic mass is 9.86. The standard InChI is InChI=1S/C25H28FN5O/c1-17(2)23-20(12-27-15-29-23)19-11-18(26)5-6-21(19)32-22-13-28-16-30-24(22)31-10-9-25(14-31)7-3-4-8-25/h5-6,11-13,15-17H,3-4,7-10,14H2,1-2H3. The molecule has 5 rings (SSSR count). The van der Waals surface area contributed by atoms with E-state index in [-0.39, 0.29) is 11.7 Å². The average Bonchev–Trinajstić information content (AvgIpc) is 3.45. The number of ether oxygens (including phenoxy) is 1. The van der Waals surface area contributed by atoms with Crippen LogP contribution in [0.15, 0.2) is 43.2 Å². The molecular weight excluding hydrogens is 405 g/mol. The predicted molar refractivity (Wildman–Crippen MR) is 121 cm³/mol. The van der Waals surface area contributed by atoms with Gasteiger partial charge in [-0.1, -0.05) is 26.7 Å². The fraction of sp³-hybridized carbons (Fsp3) is 0.440. The zero-order valence-corrected chi connectivity index (χ0v) is 18.6. The van der Waals surface area contributed by atoms with Gasteiger partial charge in [0.25, 0.3) is 0 Å². The molecule has 1 aromatic carbocycles. The number of anilines is 1. The summed E-state index contributed by atoms with van der Waals surface area (Å²) in [4.78, 5) is 19.7. The highest BCUT2D eigenvalue weighted by atomic mass is 19.1. The molecule has 0 bridgehead atoms. The molecule has 0 N–H and O–H groups in total. The Labute approximate surface area is 187 Å². The number of hydrogen-bond acceptors (Lipinski definition) is 6. The fourth-order valence-corrected chi connectivity index (χ4v) is 5.20. The molecule has 3 heterocycles. The van der Waals surface area contributed by atoms with Crippen LogP contribution >= 0.6 is 0 Å². The molecule has 1 spiro atoms. The first-order chi connectivity index (χ1) is 15.5. The van der Waals surface area contributed by atoms with Gasteiger partial charge in [-0.05, 0) is 48.8 Å². The summed E-state index contributed by atoms with van der Waals surface area (Å²) >= 11 is 0. The Kier molecular flexibility index (Phi) is 5.49. The largest absolute Gasteiger partial charge is 0.451 e. The van der Waals surface area contributed by atoms with E-state index in [4.69, 9.17) is 4.74 Å². The van der Waals surface area contributed by atoms with Crippen LogP contribution in [0.4, 0.5) is 10.2 Å².